The van der Waals surface area contributed by atoms with E-state index in [2.05, 4.69) is 10.2 Å². The maximum absolute atomic E-state index is 12.8. The van der Waals surface area contributed by atoms with Gasteiger partial charge in [-0.05, 0) is 56.2 Å². The van der Waals surface area contributed by atoms with Crippen LogP contribution in [0.15, 0.2) is 52.1 Å². The average Bonchev–Trinajstić information content (AvgIpc) is 3.32. The van der Waals surface area contributed by atoms with Crippen LogP contribution in [-0.2, 0) is 4.79 Å². The number of benzene rings is 1. The number of rotatable bonds is 3. The Bertz CT molecular complexity index is 1120. The molecule has 0 amide bonds. The van der Waals surface area contributed by atoms with E-state index >= 15 is 0 Å². The Morgan fingerprint density at radius 2 is 1.93 bits per heavy atom. The molecular formula is C22H23N5O2. The van der Waals surface area contributed by atoms with Gasteiger partial charge in [-0.3, -0.25) is 4.79 Å². The predicted octanol–water partition coefficient (Wildman–Crippen LogP) is 3.93. The molecule has 7 nitrogen and oxygen atoms in total. The third-order valence-electron chi connectivity index (χ3n) is 5.54. The molecule has 3 heterocycles. The molecule has 0 spiro atoms. The number of carbonyl (C=O) groups is 1. The second kappa shape index (κ2) is 6.62. The highest BCUT2D eigenvalue weighted by Gasteiger charge is 2.38. The van der Waals surface area contributed by atoms with Crippen LogP contribution in [0.5, 0.6) is 0 Å². The molecule has 1 unspecified atom stereocenters. The zero-order valence-electron chi connectivity index (χ0n) is 16.8. The number of Topliss-reactive ketones (excluding diaryl/α,β-unsaturated/α-hetero) is 1. The van der Waals surface area contributed by atoms with E-state index in [0.29, 0.717) is 24.0 Å². The number of carbonyl (C=O) groups excluding carboxylic acids is 1. The van der Waals surface area contributed by atoms with E-state index in [1.165, 1.54) is 0 Å². The molecule has 148 valence electrons. The molecule has 7 heteroatoms. The highest BCUT2D eigenvalue weighted by Crippen LogP contribution is 2.41. The predicted molar refractivity (Wildman–Crippen MR) is 111 cm³/mol. The Balaban J connectivity index is 1.61. The number of fused-ring (bicyclic) bond motifs is 1. The van der Waals surface area contributed by atoms with Crippen LogP contribution < -0.4 is 10.2 Å². The summed E-state index contributed by atoms with van der Waals surface area (Å²) in [5.74, 6) is 2.94. The summed E-state index contributed by atoms with van der Waals surface area (Å²) in [5, 5.41) is 8.13. The first-order chi connectivity index (χ1) is 14.0. The number of aryl methyl sites for hydroxylation is 1. The standard InChI is InChI=1S/C22H23N5O2/c1-13-7-12-18(29-13)20-19-16(5-4-6-17(19)28)23-22-24-21(25-27(20)22)14-8-10-15(11-9-14)26(2)3/h7-12,20H,4-6H2,1-3H3,(H,23,24,25). The molecule has 3 aromatic rings. The van der Waals surface area contributed by atoms with Crippen molar-refractivity contribution in [2.24, 2.45) is 0 Å². The number of hydrogen-bond donors (Lipinski definition) is 1. The number of ketones is 1. The second-order valence-corrected chi connectivity index (χ2v) is 7.79. The summed E-state index contributed by atoms with van der Waals surface area (Å²) < 4.78 is 7.71. The number of hydrogen-bond acceptors (Lipinski definition) is 6. The third kappa shape index (κ3) is 2.93. The van der Waals surface area contributed by atoms with Crippen molar-refractivity contribution in [2.75, 3.05) is 24.3 Å². The van der Waals surface area contributed by atoms with Crippen molar-refractivity contribution in [1.82, 2.24) is 14.8 Å². The van der Waals surface area contributed by atoms with Gasteiger partial charge in [0.15, 0.2) is 11.6 Å². The maximum atomic E-state index is 12.8. The Morgan fingerprint density at radius 1 is 1.14 bits per heavy atom. The summed E-state index contributed by atoms with van der Waals surface area (Å²) in [6, 6.07) is 11.6. The number of furan rings is 1. The molecule has 1 N–H and O–H groups in total. The monoisotopic (exact) mass is 389 g/mol. The fourth-order valence-electron chi connectivity index (χ4n) is 4.05. The first-order valence-electron chi connectivity index (χ1n) is 9.85. The number of allylic oxidation sites excluding steroid dienone is 2. The van der Waals surface area contributed by atoms with E-state index in [1.807, 2.05) is 57.4 Å². The van der Waals surface area contributed by atoms with Crippen molar-refractivity contribution in [3.8, 4) is 11.4 Å². The summed E-state index contributed by atoms with van der Waals surface area (Å²) in [5.41, 5.74) is 3.73. The number of aromatic nitrogens is 3. The van der Waals surface area contributed by atoms with Gasteiger partial charge in [-0.2, -0.15) is 4.98 Å². The lowest BCUT2D eigenvalue weighted by Gasteiger charge is -2.30. The van der Waals surface area contributed by atoms with Gasteiger partial charge in [-0.15, -0.1) is 5.10 Å². The summed E-state index contributed by atoms with van der Waals surface area (Å²) in [6.07, 6.45) is 2.23. The minimum Gasteiger partial charge on any atom is -0.464 e. The van der Waals surface area contributed by atoms with Gasteiger partial charge in [0, 0.05) is 43.0 Å². The molecule has 0 radical (unpaired) electrons. The van der Waals surface area contributed by atoms with Crippen LogP contribution in [0.4, 0.5) is 11.6 Å². The molecule has 29 heavy (non-hydrogen) atoms. The number of anilines is 2. The fourth-order valence-corrected chi connectivity index (χ4v) is 4.05. The molecule has 5 rings (SSSR count). The Labute approximate surface area is 169 Å². The summed E-state index contributed by atoms with van der Waals surface area (Å²) in [6.45, 7) is 1.91. The molecule has 2 aromatic heterocycles. The molecule has 0 bridgehead atoms. The van der Waals surface area contributed by atoms with E-state index in [-0.39, 0.29) is 11.8 Å². The van der Waals surface area contributed by atoms with Crippen LogP contribution in [0.25, 0.3) is 11.4 Å². The molecular weight excluding hydrogens is 366 g/mol. The van der Waals surface area contributed by atoms with Gasteiger partial charge in [0.2, 0.25) is 5.95 Å². The van der Waals surface area contributed by atoms with Gasteiger partial charge < -0.3 is 14.6 Å². The largest absolute Gasteiger partial charge is 0.464 e. The lowest BCUT2D eigenvalue weighted by Crippen LogP contribution is -2.31. The van der Waals surface area contributed by atoms with Gasteiger partial charge in [0.1, 0.15) is 17.6 Å². The lowest BCUT2D eigenvalue weighted by molar-refractivity contribution is -0.116. The number of nitrogens with zero attached hydrogens (tertiary/aromatic N) is 4. The van der Waals surface area contributed by atoms with Gasteiger partial charge in [0.05, 0.1) is 0 Å². The summed E-state index contributed by atoms with van der Waals surface area (Å²) >= 11 is 0. The van der Waals surface area contributed by atoms with E-state index in [9.17, 15) is 4.79 Å². The average molecular weight is 389 g/mol. The van der Waals surface area contributed by atoms with Crippen LogP contribution in [-0.4, -0.2) is 34.6 Å². The molecule has 1 aliphatic carbocycles. The van der Waals surface area contributed by atoms with Crippen LogP contribution in [0.3, 0.4) is 0 Å². The van der Waals surface area contributed by atoms with Crippen molar-refractivity contribution in [1.29, 1.82) is 0 Å². The van der Waals surface area contributed by atoms with Crippen LogP contribution >= 0.6 is 0 Å². The van der Waals surface area contributed by atoms with Crippen molar-refractivity contribution >= 4 is 17.4 Å². The zero-order valence-corrected chi connectivity index (χ0v) is 16.8. The van der Waals surface area contributed by atoms with E-state index in [4.69, 9.17) is 14.5 Å². The van der Waals surface area contributed by atoms with Crippen molar-refractivity contribution in [2.45, 2.75) is 32.2 Å². The molecule has 1 aliphatic heterocycles. The SMILES string of the molecule is Cc1ccc(C2C3=C(CCCC3=O)Nc3nc(-c4ccc(N(C)C)cc4)nn32)o1. The Kier molecular flexibility index (Phi) is 4.04. The van der Waals surface area contributed by atoms with Crippen molar-refractivity contribution < 1.29 is 9.21 Å². The highest BCUT2D eigenvalue weighted by molar-refractivity contribution is 5.99. The van der Waals surface area contributed by atoms with Gasteiger partial charge in [-0.25, -0.2) is 4.68 Å². The minimum absolute atomic E-state index is 0.149. The van der Waals surface area contributed by atoms with E-state index in [0.717, 1.165) is 41.1 Å². The van der Waals surface area contributed by atoms with Gasteiger partial charge >= 0.3 is 0 Å². The van der Waals surface area contributed by atoms with Crippen LogP contribution in [0, 0.1) is 6.92 Å². The zero-order chi connectivity index (χ0) is 20.1. The molecule has 0 saturated heterocycles. The van der Waals surface area contributed by atoms with Crippen molar-refractivity contribution in [3.05, 3.63) is 59.2 Å². The molecule has 1 atom stereocenters. The molecule has 2 aliphatic rings. The highest BCUT2D eigenvalue weighted by atomic mass is 16.3. The van der Waals surface area contributed by atoms with Gasteiger partial charge in [0.25, 0.3) is 0 Å². The molecule has 0 saturated carbocycles. The topological polar surface area (TPSA) is 76.2 Å². The first-order valence-corrected chi connectivity index (χ1v) is 9.85. The summed E-state index contributed by atoms with van der Waals surface area (Å²) in [4.78, 5) is 19.6. The Morgan fingerprint density at radius 3 is 2.62 bits per heavy atom. The van der Waals surface area contributed by atoms with E-state index < -0.39 is 0 Å². The lowest BCUT2D eigenvalue weighted by atomic mass is 9.88. The quantitative estimate of drug-likeness (QED) is 0.731. The van der Waals surface area contributed by atoms with Gasteiger partial charge in [-0.1, -0.05) is 0 Å². The van der Waals surface area contributed by atoms with Crippen LogP contribution in [0.1, 0.15) is 36.8 Å². The maximum Gasteiger partial charge on any atom is 0.227 e. The second-order valence-electron chi connectivity index (χ2n) is 7.79. The normalized spacial score (nSPS) is 18.3. The first kappa shape index (κ1) is 17.7. The van der Waals surface area contributed by atoms with E-state index in [1.54, 1.807) is 4.68 Å². The number of nitrogens with one attached hydrogen (secondary N) is 1. The smallest absolute Gasteiger partial charge is 0.227 e. The minimum atomic E-state index is -0.384. The Hall–Kier alpha value is -3.35. The summed E-state index contributed by atoms with van der Waals surface area (Å²) in [7, 11) is 4.02. The molecule has 0 fully saturated rings. The molecule has 1 aromatic carbocycles. The fraction of sp³-hybridized carbons (Fsp3) is 0.318. The third-order valence-corrected chi connectivity index (χ3v) is 5.54. The van der Waals surface area contributed by atoms with Crippen LogP contribution in [0.2, 0.25) is 0 Å². The van der Waals surface area contributed by atoms with Crippen molar-refractivity contribution in [3.63, 3.8) is 0 Å².